The number of rotatable bonds is 3. The Bertz CT molecular complexity index is 655. The predicted molar refractivity (Wildman–Crippen MR) is 88.5 cm³/mol. The second-order valence-electron chi connectivity index (χ2n) is 5.39. The molecular weight excluding hydrogens is 323 g/mol. The molecule has 1 aromatic carbocycles. The lowest BCUT2D eigenvalue weighted by Crippen LogP contribution is -2.23. The second-order valence-corrected chi connectivity index (χ2v) is 6.24. The number of hydrogen-bond donors (Lipinski definition) is 2. The lowest BCUT2D eigenvalue weighted by atomic mass is 10.1. The van der Waals surface area contributed by atoms with E-state index in [1.165, 1.54) is 6.07 Å². The van der Waals surface area contributed by atoms with E-state index in [0.717, 1.165) is 25.3 Å². The molecule has 7 heteroatoms. The molecule has 0 bridgehead atoms. The first kappa shape index (κ1) is 15.3. The minimum Gasteiger partial charge on any atom is -0.507 e. The zero-order valence-corrected chi connectivity index (χ0v) is 13.3. The van der Waals surface area contributed by atoms with Gasteiger partial charge in [-0.2, -0.15) is 0 Å². The zero-order chi connectivity index (χ0) is 15.7. The van der Waals surface area contributed by atoms with Gasteiger partial charge in [0.2, 0.25) is 0 Å². The Morgan fingerprint density at radius 2 is 2.09 bits per heavy atom. The van der Waals surface area contributed by atoms with E-state index >= 15 is 0 Å². The van der Waals surface area contributed by atoms with Gasteiger partial charge in [-0.25, -0.2) is 0 Å². The summed E-state index contributed by atoms with van der Waals surface area (Å²) >= 11 is 12.0. The molecule has 1 aliphatic rings. The average molecular weight is 339 g/mol. The molecule has 1 atom stereocenters. The van der Waals surface area contributed by atoms with E-state index in [0.29, 0.717) is 33.8 Å². The molecule has 116 valence electrons. The van der Waals surface area contributed by atoms with Crippen molar-refractivity contribution in [2.24, 2.45) is 11.7 Å². The lowest BCUT2D eigenvalue weighted by Gasteiger charge is -2.16. The molecule has 22 heavy (non-hydrogen) atoms. The van der Waals surface area contributed by atoms with Gasteiger partial charge in [-0.05, 0) is 43.1 Å². The summed E-state index contributed by atoms with van der Waals surface area (Å²) in [6.45, 7) is 2.52. The van der Waals surface area contributed by atoms with Crippen molar-refractivity contribution in [3.8, 4) is 17.0 Å². The summed E-state index contributed by atoms with van der Waals surface area (Å²) in [6.07, 6.45) is 1.07. The van der Waals surface area contributed by atoms with Gasteiger partial charge in [-0.1, -0.05) is 23.2 Å². The van der Waals surface area contributed by atoms with Crippen molar-refractivity contribution in [2.75, 3.05) is 24.5 Å². The average Bonchev–Trinajstić information content (AvgIpc) is 2.96. The topological polar surface area (TPSA) is 75.3 Å². The number of halogens is 2. The molecule has 1 aromatic heterocycles. The number of aromatic hydroxyl groups is 1. The van der Waals surface area contributed by atoms with Crippen LogP contribution in [0.5, 0.6) is 5.75 Å². The van der Waals surface area contributed by atoms with Gasteiger partial charge in [-0.15, -0.1) is 10.2 Å². The van der Waals surface area contributed by atoms with Crippen LogP contribution in [0.4, 0.5) is 5.82 Å². The van der Waals surface area contributed by atoms with Crippen LogP contribution in [0.3, 0.4) is 0 Å². The smallest absolute Gasteiger partial charge is 0.151 e. The van der Waals surface area contributed by atoms with Gasteiger partial charge in [-0.3, -0.25) is 0 Å². The van der Waals surface area contributed by atoms with Crippen LogP contribution in [-0.2, 0) is 0 Å². The fourth-order valence-corrected chi connectivity index (χ4v) is 3.25. The van der Waals surface area contributed by atoms with Gasteiger partial charge in [0.05, 0.1) is 16.3 Å². The number of aromatic nitrogens is 2. The van der Waals surface area contributed by atoms with Gasteiger partial charge in [0.1, 0.15) is 5.75 Å². The fraction of sp³-hybridized carbons (Fsp3) is 0.333. The lowest BCUT2D eigenvalue weighted by molar-refractivity contribution is 0.477. The summed E-state index contributed by atoms with van der Waals surface area (Å²) in [4.78, 5) is 2.16. The first-order valence-electron chi connectivity index (χ1n) is 7.05. The Morgan fingerprint density at radius 1 is 1.27 bits per heavy atom. The molecule has 0 saturated carbocycles. The van der Waals surface area contributed by atoms with Crippen LogP contribution in [0.2, 0.25) is 10.0 Å². The van der Waals surface area contributed by atoms with Crippen molar-refractivity contribution in [2.45, 2.75) is 6.42 Å². The largest absolute Gasteiger partial charge is 0.507 e. The molecule has 0 radical (unpaired) electrons. The quantitative estimate of drug-likeness (QED) is 0.899. The maximum atomic E-state index is 10.0. The summed E-state index contributed by atoms with van der Waals surface area (Å²) < 4.78 is 0. The van der Waals surface area contributed by atoms with Gasteiger partial charge in [0.25, 0.3) is 0 Å². The van der Waals surface area contributed by atoms with Gasteiger partial charge in [0.15, 0.2) is 5.82 Å². The van der Waals surface area contributed by atoms with E-state index in [-0.39, 0.29) is 5.75 Å². The Kier molecular flexibility index (Phi) is 4.38. The van der Waals surface area contributed by atoms with Gasteiger partial charge in [0, 0.05) is 18.1 Å². The van der Waals surface area contributed by atoms with E-state index < -0.39 is 0 Å². The normalized spacial score (nSPS) is 18.0. The molecule has 1 fully saturated rings. The highest BCUT2D eigenvalue weighted by atomic mass is 35.5. The Morgan fingerprint density at radius 3 is 2.68 bits per heavy atom. The second kappa shape index (κ2) is 6.28. The minimum absolute atomic E-state index is 0.0103. The number of nitrogens with two attached hydrogens (primary N) is 1. The highest BCUT2D eigenvalue weighted by Gasteiger charge is 2.22. The summed E-state index contributed by atoms with van der Waals surface area (Å²) in [6, 6.07) is 6.68. The third-order valence-corrected chi connectivity index (χ3v) is 4.40. The molecule has 3 rings (SSSR count). The van der Waals surface area contributed by atoms with Crippen LogP contribution in [0.15, 0.2) is 24.3 Å². The van der Waals surface area contributed by atoms with Crippen LogP contribution < -0.4 is 10.6 Å². The van der Waals surface area contributed by atoms with Crippen LogP contribution >= 0.6 is 23.2 Å². The van der Waals surface area contributed by atoms with E-state index in [2.05, 4.69) is 15.1 Å². The van der Waals surface area contributed by atoms with Crippen LogP contribution in [0.1, 0.15) is 6.42 Å². The van der Waals surface area contributed by atoms with Gasteiger partial charge >= 0.3 is 0 Å². The zero-order valence-electron chi connectivity index (χ0n) is 11.8. The molecule has 0 aliphatic carbocycles. The monoisotopic (exact) mass is 338 g/mol. The van der Waals surface area contributed by atoms with E-state index in [9.17, 15) is 5.11 Å². The molecule has 0 amide bonds. The molecule has 2 aromatic rings. The van der Waals surface area contributed by atoms with Gasteiger partial charge < -0.3 is 15.7 Å². The van der Waals surface area contributed by atoms with Crippen molar-refractivity contribution in [3.05, 3.63) is 34.3 Å². The van der Waals surface area contributed by atoms with Crippen LogP contribution in [0.25, 0.3) is 11.3 Å². The molecule has 1 aliphatic heterocycles. The summed E-state index contributed by atoms with van der Waals surface area (Å²) in [5, 5.41) is 19.2. The molecule has 3 N–H and O–H groups in total. The van der Waals surface area contributed by atoms with Crippen molar-refractivity contribution in [3.63, 3.8) is 0 Å². The molecule has 1 saturated heterocycles. The number of hydrogen-bond acceptors (Lipinski definition) is 5. The van der Waals surface area contributed by atoms with Crippen LogP contribution in [-0.4, -0.2) is 34.9 Å². The summed E-state index contributed by atoms with van der Waals surface area (Å²) in [5.74, 6) is 1.31. The summed E-state index contributed by atoms with van der Waals surface area (Å²) in [5.41, 5.74) is 6.65. The maximum Gasteiger partial charge on any atom is 0.151 e. The van der Waals surface area contributed by atoms with Crippen LogP contribution in [0, 0.1) is 5.92 Å². The van der Waals surface area contributed by atoms with E-state index in [4.69, 9.17) is 28.9 Å². The third kappa shape index (κ3) is 2.97. The third-order valence-electron chi connectivity index (χ3n) is 3.88. The highest BCUT2D eigenvalue weighted by Crippen LogP contribution is 2.37. The molecule has 2 heterocycles. The number of phenolic OH excluding ortho intramolecular Hbond substituents is 1. The predicted octanol–water partition coefficient (Wildman–Crippen LogP) is 2.94. The van der Waals surface area contributed by atoms with Crippen molar-refractivity contribution in [1.82, 2.24) is 10.2 Å². The van der Waals surface area contributed by atoms with Crippen molar-refractivity contribution in [1.29, 1.82) is 0 Å². The van der Waals surface area contributed by atoms with Crippen molar-refractivity contribution < 1.29 is 5.11 Å². The molecule has 0 unspecified atom stereocenters. The SMILES string of the molecule is NC[C@@H]1CCN(c2ccc(-c3c(O)cc(Cl)cc3Cl)nn2)C1. The Labute approximate surface area is 138 Å². The molecule has 0 spiro atoms. The minimum atomic E-state index is -0.0103. The first-order chi connectivity index (χ1) is 10.6. The molecule has 5 nitrogen and oxygen atoms in total. The number of benzene rings is 1. The first-order valence-corrected chi connectivity index (χ1v) is 7.81. The maximum absolute atomic E-state index is 10.0. The fourth-order valence-electron chi connectivity index (χ4n) is 2.67. The van der Waals surface area contributed by atoms with Crippen molar-refractivity contribution >= 4 is 29.0 Å². The number of anilines is 1. The highest BCUT2D eigenvalue weighted by molar-refractivity contribution is 6.36. The standard InChI is InChI=1S/C15H16Cl2N4O/c16-10-5-11(17)15(13(22)6-10)12-1-2-14(20-19-12)21-4-3-9(7-18)8-21/h1-2,5-6,9,22H,3-4,7-8,18H2/t9-/m0/s1. The Balaban J connectivity index is 1.86. The Hall–Kier alpha value is -1.56. The molecular formula is C15H16Cl2N4O. The number of phenols is 1. The number of nitrogens with zero attached hydrogens (tertiary/aromatic N) is 3. The summed E-state index contributed by atoms with van der Waals surface area (Å²) in [7, 11) is 0. The van der Waals surface area contributed by atoms with E-state index in [1.54, 1.807) is 12.1 Å². The van der Waals surface area contributed by atoms with E-state index in [1.807, 2.05) is 6.07 Å².